The van der Waals surface area contributed by atoms with Crippen molar-refractivity contribution in [3.8, 4) is 5.75 Å². The van der Waals surface area contributed by atoms with E-state index < -0.39 is 0 Å². The van der Waals surface area contributed by atoms with Crippen molar-refractivity contribution in [1.29, 1.82) is 0 Å². The van der Waals surface area contributed by atoms with Crippen LogP contribution in [-0.4, -0.2) is 37.2 Å². The number of ether oxygens (including phenoxy) is 1. The molecular formula is C14H20N2O. The minimum absolute atomic E-state index is 0.679. The van der Waals surface area contributed by atoms with Crippen molar-refractivity contribution >= 4 is 0 Å². The van der Waals surface area contributed by atoms with Crippen molar-refractivity contribution in [3.05, 3.63) is 29.8 Å². The summed E-state index contributed by atoms with van der Waals surface area (Å²) in [6.45, 7) is 5.19. The highest BCUT2D eigenvalue weighted by atomic mass is 16.5. The van der Waals surface area contributed by atoms with E-state index in [-0.39, 0.29) is 0 Å². The molecule has 3 heteroatoms. The van der Waals surface area contributed by atoms with Crippen LogP contribution in [0.15, 0.2) is 24.3 Å². The van der Waals surface area contributed by atoms with Crippen molar-refractivity contribution in [2.24, 2.45) is 0 Å². The number of fused-ring (bicyclic) bond motifs is 1. The predicted octanol–water partition coefficient (Wildman–Crippen LogP) is 1.63. The molecule has 2 aliphatic heterocycles. The van der Waals surface area contributed by atoms with E-state index in [1.165, 1.54) is 24.9 Å². The van der Waals surface area contributed by atoms with Gasteiger partial charge in [-0.15, -0.1) is 0 Å². The molecule has 0 spiro atoms. The second-order valence-corrected chi connectivity index (χ2v) is 4.93. The molecule has 17 heavy (non-hydrogen) atoms. The molecule has 0 bridgehead atoms. The van der Waals surface area contributed by atoms with E-state index in [1.54, 1.807) is 0 Å². The number of nitrogens with one attached hydrogen (secondary N) is 1. The quantitative estimate of drug-likeness (QED) is 0.796. The first-order chi connectivity index (χ1) is 8.43. The van der Waals surface area contributed by atoms with Crippen LogP contribution in [0.1, 0.15) is 18.4 Å². The number of hydrogen-bond acceptors (Lipinski definition) is 3. The third kappa shape index (κ3) is 2.45. The number of piperidine rings is 1. The fourth-order valence-corrected chi connectivity index (χ4v) is 2.80. The molecule has 3 rings (SSSR count). The van der Waals surface area contributed by atoms with Crippen LogP contribution in [-0.2, 0) is 6.54 Å². The minimum atomic E-state index is 0.679. The van der Waals surface area contributed by atoms with Crippen LogP contribution in [0.4, 0.5) is 0 Å². The van der Waals surface area contributed by atoms with Crippen LogP contribution in [0, 0.1) is 0 Å². The molecule has 1 atom stereocenters. The lowest BCUT2D eigenvalue weighted by molar-refractivity contribution is 0.145. The van der Waals surface area contributed by atoms with E-state index in [0.717, 1.165) is 32.0 Å². The van der Waals surface area contributed by atoms with Crippen molar-refractivity contribution in [1.82, 2.24) is 10.2 Å². The molecule has 1 aromatic carbocycles. The molecule has 0 amide bonds. The van der Waals surface area contributed by atoms with E-state index in [9.17, 15) is 0 Å². The van der Waals surface area contributed by atoms with E-state index in [2.05, 4.69) is 34.5 Å². The maximum absolute atomic E-state index is 5.81. The first kappa shape index (κ1) is 11.1. The predicted molar refractivity (Wildman–Crippen MR) is 68.2 cm³/mol. The van der Waals surface area contributed by atoms with Crippen LogP contribution in [0.2, 0.25) is 0 Å². The molecular weight excluding hydrogens is 212 g/mol. The number of nitrogens with zero attached hydrogens (tertiary/aromatic N) is 1. The Balaban J connectivity index is 1.75. The Kier molecular flexibility index (Phi) is 3.29. The highest BCUT2D eigenvalue weighted by molar-refractivity contribution is 5.33. The normalized spacial score (nSPS) is 25.8. The van der Waals surface area contributed by atoms with Gasteiger partial charge in [0, 0.05) is 31.2 Å². The molecule has 1 saturated heterocycles. The van der Waals surface area contributed by atoms with Crippen LogP contribution < -0.4 is 10.1 Å². The van der Waals surface area contributed by atoms with Crippen molar-refractivity contribution < 1.29 is 4.74 Å². The molecule has 92 valence electrons. The highest BCUT2D eigenvalue weighted by Gasteiger charge is 2.23. The van der Waals surface area contributed by atoms with E-state index in [1.807, 2.05) is 0 Å². The first-order valence-electron chi connectivity index (χ1n) is 6.59. The van der Waals surface area contributed by atoms with Crippen LogP contribution >= 0.6 is 0 Å². The van der Waals surface area contributed by atoms with Gasteiger partial charge in [-0.05, 0) is 25.5 Å². The summed E-state index contributed by atoms with van der Waals surface area (Å²) in [5.41, 5.74) is 1.33. The summed E-state index contributed by atoms with van der Waals surface area (Å²) in [6, 6.07) is 9.10. The first-order valence-corrected chi connectivity index (χ1v) is 6.59. The van der Waals surface area contributed by atoms with Gasteiger partial charge in [0.15, 0.2) is 0 Å². The highest BCUT2D eigenvalue weighted by Crippen LogP contribution is 2.24. The second-order valence-electron chi connectivity index (χ2n) is 4.93. The van der Waals surface area contributed by atoms with Gasteiger partial charge in [-0.25, -0.2) is 0 Å². The third-order valence-corrected chi connectivity index (χ3v) is 3.77. The Bertz CT molecular complexity index is 374. The van der Waals surface area contributed by atoms with Gasteiger partial charge in [0.05, 0.1) is 0 Å². The van der Waals surface area contributed by atoms with Gasteiger partial charge >= 0.3 is 0 Å². The average molecular weight is 232 g/mol. The fourth-order valence-electron chi connectivity index (χ4n) is 2.80. The zero-order valence-electron chi connectivity index (χ0n) is 10.2. The smallest absolute Gasteiger partial charge is 0.123 e. The van der Waals surface area contributed by atoms with Gasteiger partial charge in [-0.1, -0.05) is 18.2 Å². The maximum atomic E-state index is 5.81. The number of hydrogen-bond donors (Lipinski definition) is 1. The van der Waals surface area contributed by atoms with Gasteiger partial charge < -0.3 is 10.1 Å². The Morgan fingerprint density at radius 1 is 1.29 bits per heavy atom. The summed E-state index contributed by atoms with van der Waals surface area (Å²) in [5, 5.41) is 3.49. The average Bonchev–Trinajstić information content (AvgIpc) is 2.62. The molecule has 1 fully saturated rings. The second kappa shape index (κ2) is 5.07. The largest absolute Gasteiger partial charge is 0.492 e. The van der Waals surface area contributed by atoms with Gasteiger partial charge in [-0.2, -0.15) is 0 Å². The standard InChI is InChI=1S/C14H20N2O/c1-2-6-14-12(4-1)11-16(8-9-17-14)13-5-3-7-15-10-13/h1-2,4,6,13,15H,3,5,7-11H2. The summed E-state index contributed by atoms with van der Waals surface area (Å²) < 4.78 is 5.81. The van der Waals surface area contributed by atoms with Crippen LogP contribution in [0.3, 0.4) is 0 Å². The molecule has 1 N–H and O–H groups in total. The zero-order chi connectivity index (χ0) is 11.5. The fraction of sp³-hybridized carbons (Fsp3) is 0.571. The van der Waals surface area contributed by atoms with Crippen molar-refractivity contribution in [2.75, 3.05) is 26.2 Å². The molecule has 2 heterocycles. The lowest BCUT2D eigenvalue weighted by atomic mass is 10.0. The summed E-state index contributed by atoms with van der Waals surface area (Å²) >= 11 is 0. The van der Waals surface area contributed by atoms with Gasteiger partial charge in [0.2, 0.25) is 0 Å². The van der Waals surface area contributed by atoms with Crippen molar-refractivity contribution in [3.63, 3.8) is 0 Å². The summed E-state index contributed by atoms with van der Waals surface area (Å²) in [5.74, 6) is 1.07. The summed E-state index contributed by atoms with van der Waals surface area (Å²) in [4.78, 5) is 2.57. The lowest BCUT2D eigenvalue weighted by Gasteiger charge is -2.33. The number of benzene rings is 1. The SMILES string of the molecule is c1ccc2c(c1)CN(C1CCCNC1)CCO2. The summed E-state index contributed by atoms with van der Waals surface area (Å²) in [7, 11) is 0. The molecule has 1 aromatic rings. The molecule has 0 aliphatic carbocycles. The van der Waals surface area contributed by atoms with Crippen LogP contribution in [0.25, 0.3) is 0 Å². The Hall–Kier alpha value is -1.06. The van der Waals surface area contributed by atoms with E-state index >= 15 is 0 Å². The molecule has 0 aromatic heterocycles. The maximum Gasteiger partial charge on any atom is 0.123 e. The summed E-state index contributed by atoms with van der Waals surface area (Å²) in [6.07, 6.45) is 2.61. The lowest BCUT2D eigenvalue weighted by Crippen LogP contribution is -2.46. The Morgan fingerprint density at radius 2 is 2.24 bits per heavy atom. The Morgan fingerprint density at radius 3 is 3.12 bits per heavy atom. The number of para-hydroxylation sites is 1. The monoisotopic (exact) mass is 232 g/mol. The zero-order valence-corrected chi connectivity index (χ0v) is 10.2. The number of rotatable bonds is 1. The topological polar surface area (TPSA) is 24.5 Å². The molecule has 1 unspecified atom stereocenters. The van der Waals surface area contributed by atoms with Gasteiger partial charge in [0.1, 0.15) is 12.4 Å². The van der Waals surface area contributed by atoms with Gasteiger partial charge in [0.25, 0.3) is 0 Å². The van der Waals surface area contributed by atoms with Crippen molar-refractivity contribution in [2.45, 2.75) is 25.4 Å². The molecule has 3 nitrogen and oxygen atoms in total. The van der Waals surface area contributed by atoms with E-state index in [0.29, 0.717) is 6.04 Å². The minimum Gasteiger partial charge on any atom is -0.492 e. The molecule has 2 aliphatic rings. The van der Waals surface area contributed by atoms with Crippen LogP contribution in [0.5, 0.6) is 5.75 Å². The Labute approximate surface area is 103 Å². The third-order valence-electron chi connectivity index (χ3n) is 3.77. The van der Waals surface area contributed by atoms with E-state index in [4.69, 9.17) is 4.74 Å². The molecule has 0 saturated carbocycles. The molecule has 0 radical (unpaired) electrons. The van der Waals surface area contributed by atoms with Gasteiger partial charge in [-0.3, -0.25) is 4.90 Å².